The zero-order valence-corrected chi connectivity index (χ0v) is 16.6. The Balaban J connectivity index is 1.94. The van der Waals surface area contributed by atoms with Crippen molar-refractivity contribution in [1.29, 1.82) is 0 Å². The van der Waals surface area contributed by atoms with Crippen LogP contribution < -0.4 is 15.1 Å². The smallest absolute Gasteiger partial charge is 0.311 e. The Morgan fingerprint density at radius 1 is 1.28 bits per heavy atom. The van der Waals surface area contributed by atoms with E-state index in [9.17, 15) is 20.0 Å². The number of anilines is 1. The molecule has 0 aliphatic heterocycles. The maximum atomic E-state index is 11.9. The monoisotopic (exact) mass is 400 g/mol. The van der Waals surface area contributed by atoms with Crippen LogP contribution in [0.5, 0.6) is 11.5 Å². The van der Waals surface area contributed by atoms with Crippen LogP contribution in [-0.2, 0) is 4.79 Å². The van der Waals surface area contributed by atoms with Gasteiger partial charge in [0.25, 0.3) is 5.91 Å². The molecule has 0 aliphatic rings. The van der Waals surface area contributed by atoms with Crippen molar-refractivity contribution in [2.45, 2.75) is 20.8 Å². The molecule has 0 fully saturated rings. The minimum Gasteiger partial charge on any atom is -0.507 e. The van der Waals surface area contributed by atoms with E-state index in [1.54, 1.807) is 25.1 Å². The Morgan fingerprint density at radius 2 is 2.00 bits per heavy atom. The minimum absolute atomic E-state index is 0.00404. The second-order valence-corrected chi connectivity index (χ2v) is 6.23. The lowest BCUT2D eigenvalue weighted by Gasteiger charge is -2.21. The average Bonchev–Trinajstić information content (AvgIpc) is 2.69. The molecular formula is C20H24N4O5. The van der Waals surface area contributed by atoms with Gasteiger partial charge >= 0.3 is 5.69 Å². The summed E-state index contributed by atoms with van der Waals surface area (Å²) in [7, 11) is 0. The second-order valence-electron chi connectivity index (χ2n) is 6.23. The molecule has 0 atom stereocenters. The molecule has 9 heteroatoms. The van der Waals surface area contributed by atoms with Crippen LogP contribution in [0.25, 0.3) is 0 Å². The number of amides is 1. The number of phenolic OH excluding ortho intramolecular Hbond substituents is 1. The maximum absolute atomic E-state index is 11.9. The Labute approximate surface area is 168 Å². The number of hydrogen-bond donors (Lipinski definition) is 2. The molecule has 0 heterocycles. The predicted molar refractivity (Wildman–Crippen MR) is 111 cm³/mol. The molecule has 0 spiro atoms. The van der Waals surface area contributed by atoms with Crippen molar-refractivity contribution in [2.24, 2.45) is 5.10 Å². The van der Waals surface area contributed by atoms with Crippen LogP contribution in [0.4, 0.5) is 11.4 Å². The van der Waals surface area contributed by atoms with Crippen LogP contribution in [0.15, 0.2) is 41.5 Å². The summed E-state index contributed by atoms with van der Waals surface area (Å²) in [6, 6.07) is 9.66. The van der Waals surface area contributed by atoms with E-state index in [1.807, 2.05) is 19.9 Å². The van der Waals surface area contributed by atoms with Gasteiger partial charge in [-0.2, -0.15) is 5.10 Å². The molecule has 0 aliphatic carbocycles. The van der Waals surface area contributed by atoms with Crippen LogP contribution in [0.1, 0.15) is 25.0 Å². The summed E-state index contributed by atoms with van der Waals surface area (Å²) in [6.07, 6.45) is 1.31. The average molecular weight is 400 g/mol. The number of ether oxygens (including phenoxy) is 1. The zero-order chi connectivity index (χ0) is 21.4. The van der Waals surface area contributed by atoms with Gasteiger partial charge in [-0.3, -0.25) is 14.9 Å². The molecule has 0 aromatic heterocycles. The molecule has 0 saturated heterocycles. The normalized spacial score (nSPS) is 10.7. The first-order chi connectivity index (χ1) is 13.8. The number of benzene rings is 2. The first-order valence-corrected chi connectivity index (χ1v) is 9.13. The minimum atomic E-state index is -0.588. The van der Waals surface area contributed by atoms with Crippen LogP contribution in [0.3, 0.4) is 0 Å². The van der Waals surface area contributed by atoms with Crippen molar-refractivity contribution in [2.75, 3.05) is 24.6 Å². The highest BCUT2D eigenvalue weighted by atomic mass is 16.6. The van der Waals surface area contributed by atoms with E-state index >= 15 is 0 Å². The zero-order valence-electron chi connectivity index (χ0n) is 16.6. The molecule has 2 aromatic carbocycles. The summed E-state index contributed by atoms with van der Waals surface area (Å²) >= 11 is 0. The fourth-order valence-corrected chi connectivity index (χ4v) is 2.67. The van der Waals surface area contributed by atoms with Gasteiger partial charge in [0.15, 0.2) is 12.4 Å². The lowest BCUT2D eigenvalue weighted by Crippen LogP contribution is -2.24. The molecule has 0 unspecified atom stereocenters. The van der Waals surface area contributed by atoms with Crippen molar-refractivity contribution in [1.82, 2.24) is 5.43 Å². The summed E-state index contributed by atoms with van der Waals surface area (Å²) in [6.45, 7) is 6.98. The molecule has 0 saturated carbocycles. The topological polar surface area (TPSA) is 117 Å². The highest BCUT2D eigenvalue weighted by Gasteiger charge is 2.16. The Kier molecular flexibility index (Phi) is 7.53. The van der Waals surface area contributed by atoms with Gasteiger partial charge in [-0.05, 0) is 44.5 Å². The van der Waals surface area contributed by atoms with E-state index in [0.29, 0.717) is 11.1 Å². The van der Waals surface area contributed by atoms with Gasteiger partial charge in [0.2, 0.25) is 0 Å². The molecule has 2 rings (SSSR count). The number of phenols is 1. The molecule has 1 amide bonds. The number of carbonyl (C=O) groups is 1. The quantitative estimate of drug-likeness (QED) is 0.380. The van der Waals surface area contributed by atoms with Crippen molar-refractivity contribution >= 4 is 23.5 Å². The lowest BCUT2D eigenvalue weighted by molar-refractivity contribution is -0.385. The molecule has 0 radical (unpaired) electrons. The molecule has 29 heavy (non-hydrogen) atoms. The van der Waals surface area contributed by atoms with Crippen LogP contribution in [-0.4, -0.2) is 41.8 Å². The van der Waals surface area contributed by atoms with Crippen LogP contribution >= 0.6 is 0 Å². The van der Waals surface area contributed by atoms with E-state index in [0.717, 1.165) is 18.8 Å². The fourth-order valence-electron chi connectivity index (χ4n) is 2.67. The second kappa shape index (κ2) is 10.1. The third kappa shape index (κ3) is 5.93. The summed E-state index contributed by atoms with van der Waals surface area (Å²) in [5.41, 5.74) is 4.10. The lowest BCUT2D eigenvalue weighted by atomic mass is 10.2. The van der Waals surface area contributed by atoms with E-state index in [2.05, 4.69) is 15.4 Å². The summed E-state index contributed by atoms with van der Waals surface area (Å²) < 4.78 is 5.23. The molecule has 154 valence electrons. The summed E-state index contributed by atoms with van der Waals surface area (Å²) in [5.74, 6) is -0.543. The first-order valence-electron chi connectivity index (χ1n) is 9.13. The van der Waals surface area contributed by atoms with Crippen molar-refractivity contribution in [3.63, 3.8) is 0 Å². The van der Waals surface area contributed by atoms with Crippen LogP contribution in [0.2, 0.25) is 0 Å². The SMILES string of the molecule is CCN(CC)c1ccc(/C=N/NC(=O)COc2ccc(C)cc2[N+](=O)[O-])c(O)c1. The number of carbonyl (C=O) groups excluding carboxylic acids is 1. The van der Waals surface area contributed by atoms with Gasteiger partial charge in [-0.25, -0.2) is 5.43 Å². The van der Waals surface area contributed by atoms with E-state index in [4.69, 9.17) is 4.74 Å². The van der Waals surface area contributed by atoms with E-state index in [-0.39, 0.29) is 17.2 Å². The number of rotatable bonds is 9. The van der Waals surface area contributed by atoms with Gasteiger partial charge < -0.3 is 14.7 Å². The summed E-state index contributed by atoms with van der Waals surface area (Å²) in [5, 5.41) is 25.0. The van der Waals surface area contributed by atoms with Crippen molar-refractivity contribution < 1.29 is 19.6 Å². The first kappa shape index (κ1) is 21.7. The molecule has 2 aromatic rings. The Bertz CT molecular complexity index is 910. The Hall–Kier alpha value is -3.62. The van der Waals surface area contributed by atoms with Crippen LogP contribution in [0, 0.1) is 17.0 Å². The third-order valence-corrected chi connectivity index (χ3v) is 4.21. The Morgan fingerprint density at radius 3 is 2.62 bits per heavy atom. The number of nitro benzene ring substituents is 1. The van der Waals surface area contributed by atoms with Gasteiger partial charge in [0, 0.05) is 36.5 Å². The standard InChI is InChI=1S/C20H24N4O5/c1-4-23(5-2)16-8-7-15(18(25)11-16)12-21-22-20(26)13-29-19-9-6-14(3)10-17(19)24(27)28/h6-12,25H,4-5,13H2,1-3H3,(H,22,26)/b21-12+. The number of aromatic hydroxyl groups is 1. The molecular weight excluding hydrogens is 376 g/mol. The highest BCUT2D eigenvalue weighted by Crippen LogP contribution is 2.27. The van der Waals surface area contributed by atoms with Crippen molar-refractivity contribution in [3.05, 3.63) is 57.6 Å². The molecule has 0 bridgehead atoms. The van der Waals surface area contributed by atoms with Gasteiger partial charge in [-0.1, -0.05) is 6.07 Å². The number of nitro groups is 1. The number of aryl methyl sites for hydroxylation is 1. The largest absolute Gasteiger partial charge is 0.507 e. The predicted octanol–water partition coefficient (Wildman–Crippen LogP) is 2.98. The van der Waals surface area contributed by atoms with Gasteiger partial charge in [0.05, 0.1) is 11.1 Å². The molecule has 2 N–H and O–H groups in total. The third-order valence-electron chi connectivity index (χ3n) is 4.21. The molecule has 9 nitrogen and oxygen atoms in total. The number of hydrazone groups is 1. The van der Waals surface area contributed by atoms with E-state index < -0.39 is 17.4 Å². The summed E-state index contributed by atoms with van der Waals surface area (Å²) in [4.78, 5) is 24.5. The number of nitrogens with zero attached hydrogens (tertiary/aromatic N) is 3. The van der Waals surface area contributed by atoms with Gasteiger partial charge in [-0.15, -0.1) is 0 Å². The van der Waals surface area contributed by atoms with E-state index in [1.165, 1.54) is 18.3 Å². The number of nitrogens with one attached hydrogen (secondary N) is 1. The van der Waals surface area contributed by atoms with Gasteiger partial charge in [0.1, 0.15) is 5.75 Å². The highest BCUT2D eigenvalue weighted by molar-refractivity contribution is 5.86. The maximum Gasteiger partial charge on any atom is 0.311 e. The fraction of sp³-hybridized carbons (Fsp3) is 0.300. The van der Waals surface area contributed by atoms with Crippen molar-refractivity contribution in [3.8, 4) is 11.5 Å². The number of hydrogen-bond acceptors (Lipinski definition) is 7.